The van der Waals surface area contributed by atoms with Gasteiger partial charge in [-0.15, -0.1) is 0 Å². The fourth-order valence-electron chi connectivity index (χ4n) is 4.32. The Bertz CT molecular complexity index is 443. The van der Waals surface area contributed by atoms with Crippen molar-refractivity contribution in [3.05, 3.63) is 24.3 Å². The number of ether oxygens (including phenoxy) is 3. The van der Waals surface area contributed by atoms with Gasteiger partial charge in [0.1, 0.15) is 13.6 Å². The normalized spacial score (nSPS) is 13.7. The highest BCUT2D eigenvalue weighted by Gasteiger charge is 2.03. The second-order valence-electron chi connectivity index (χ2n) is 10.2. The van der Waals surface area contributed by atoms with Crippen molar-refractivity contribution in [2.24, 2.45) is 11.8 Å². The molecule has 37 heavy (non-hydrogen) atoms. The number of unbranched alkanes of at least 4 members (excludes halogenated alkanes) is 12. The highest BCUT2D eigenvalue weighted by Crippen LogP contribution is 2.14. The zero-order valence-electron chi connectivity index (χ0n) is 24.4. The minimum absolute atomic E-state index is 0.322. The number of hydrogen-bond donors (Lipinski definition) is 0. The molecule has 0 aromatic heterocycles. The lowest BCUT2D eigenvalue weighted by atomic mass is 10.0. The van der Waals surface area contributed by atoms with E-state index in [2.05, 4.69) is 70.0 Å². The van der Waals surface area contributed by atoms with Gasteiger partial charge < -0.3 is 14.2 Å². The van der Waals surface area contributed by atoms with Crippen LogP contribution in [0.5, 0.6) is 0 Å². The van der Waals surface area contributed by atoms with Crippen molar-refractivity contribution in [1.82, 2.24) is 0 Å². The molecule has 2 atom stereocenters. The topological polar surface area (TPSA) is 27.7 Å². The molecule has 0 N–H and O–H groups in total. The lowest BCUT2D eigenvalue weighted by Gasteiger charge is -2.12. The van der Waals surface area contributed by atoms with Gasteiger partial charge in [0, 0.05) is 23.9 Å². The summed E-state index contributed by atoms with van der Waals surface area (Å²) < 4.78 is 16.8. The van der Waals surface area contributed by atoms with E-state index in [0.29, 0.717) is 25.4 Å². The molecule has 0 fully saturated rings. The van der Waals surface area contributed by atoms with E-state index in [4.69, 9.17) is 14.2 Å². The van der Waals surface area contributed by atoms with Crippen LogP contribution in [0.15, 0.2) is 24.3 Å². The third-order valence-electron chi connectivity index (χ3n) is 6.97. The fraction of sp³-hybridized carbons (Fsp3) is 0.875. The Morgan fingerprint density at radius 1 is 0.514 bits per heavy atom. The Hall–Kier alpha value is 0.320. The maximum Gasteiger partial charge on any atom is 0.149 e. The van der Waals surface area contributed by atoms with E-state index in [0.717, 1.165) is 36.7 Å². The Morgan fingerprint density at radius 3 is 1.27 bits per heavy atom. The first-order valence-corrected chi connectivity index (χ1v) is 17.7. The maximum atomic E-state index is 5.67. The molecule has 220 valence electrons. The highest BCUT2D eigenvalue weighted by atomic mass is 79.9. The Balaban J connectivity index is 3.57. The van der Waals surface area contributed by atoms with Crippen molar-refractivity contribution in [2.45, 2.75) is 129 Å². The number of alkyl halides is 2. The second kappa shape index (κ2) is 32.5. The van der Waals surface area contributed by atoms with E-state index >= 15 is 0 Å². The first-order valence-electron chi connectivity index (χ1n) is 15.5. The molecule has 0 aromatic carbocycles. The van der Waals surface area contributed by atoms with Crippen LogP contribution in [0.2, 0.25) is 0 Å². The summed E-state index contributed by atoms with van der Waals surface area (Å²) in [6.45, 7) is 6.66. The van der Waals surface area contributed by atoms with Gasteiger partial charge in [-0.2, -0.15) is 0 Å². The Labute approximate surface area is 248 Å². The standard InChI is InChI=1S/C32H60Br2O3/c1-3-31(21-17-13-9-5-7-11-15-19-25-33)23-27-35-29-37-30-36-28-24-32(4-2)22-18-14-10-6-8-12-16-20-26-34/h17-18,21-22,31-32H,3-16,19-20,23-30H2,1-2H3. The molecule has 0 saturated carbocycles. The molecule has 0 aliphatic rings. The molecule has 0 aromatic rings. The summed E-state index contributed by atoms with van der Waals surface area (Å²) in [6, 6.07) is 0. The van der Waals surface area contributed by atoms with E-state index in [9.17, 15) is 0 Å². The number of hydrogen-bond acceptors (Lipinski definition) is 3. The van der Waals surface area contributed by atoms with Gasteiger partial charge in [0.15, 0.2) is 0 Å². The quantitative estimate of drug-likeness (QED) is 0.0335. The molecular weight excluding hydrogens is 592 g/mol. The number of halogens is 2. The summed E-state index contributed by atoms with van der Waals surface area (Å²) in [4.78, 5) is 0. The molecule has 0 saturated heterocycles. The Kier molecular flexibility index (Phi) is 32.8. The van der Waals surface area contributed by atoms with Gasteiger partial charge in [-0.05, 0) is 76.0 Å². The lowest BCUT2D eigenvalue weighted by molar-refractivity contribution is -0.132. The molecule has 5 heteroatoms. The van der Waals surface area contributed by atoms with Crippen LogP contribution in [0.1, 0.15) is 129 Å². The number of allylic oxidation sites excluding steroid dienone is 4. The van der Waals surface area contributed by atoms with Crippen molar-refractivity contribution in [1.29, 1.82) is 0 Å². The zero-order chi connectivity index (χ0) is 27.1. The molecule has 0 rings (SSSR count). The van der Waals surface area contributed by atoms with Gasteiger partial charge >= 0.3 is 0 Å². The van der Waals surface area contributed by atoms with E-state index in [1.54, 1.807) is 0 Å². The summed E-state index contributed by atoms with van der Waals surface area (Å²) >= 11 is 7.00. The SMILES string of the molecule is CCC(C=CCCCCCCCCBr)CCOCOCOCCC(C=CCCCCCCCCBr)CC. The highest BCUT2D eigenvalue weighted by molar-refractivity contribution is 9.09. The van der Waals surface area contributed by atoms with Gasteiger partial charge in [-0.3, -0.25) is 0 Å². The summed E-state index contributed by atoms with van der Waals surface area (Å²) in [5, 5.41) is 2.29. The molecule has 0 aliphatic carbocycles. The first-order chi connectivity index (χ1) is 18.3. The largest absolute Gasteiger partial charge is 0.355 e. The van der Waals surface area contributed by atoms with E-state index in [-0.39, 0.29) is 0 Å². The number of rotatable bonds is 30. The zero-order valence-corrected chi connectivity index (χ0v) is 27.6. The summed E-state index contributed by atoms with van der Waals surface area (Å²) in [5.74, 6) is 1.22. The van der Waals surface area contributed by atoms with Crippen molar-refractivity contribution < 1.29 is 14.2 Å². The van der Waals surface area contributed by atoms with Crippen molar-refractivity contribution in [3.8, 4) is 0 Å². The Morgan fingerprint density at radius 2 is 0.892 bits per heavy atom. The average Bonchev–Trinajstić information content (AvgIpc) is 2.92. The summed E-state index contributed by atoms with van der Waals surface area (Å²) in [6.07, 6.45) is 32.7. The maximum absolute atomic E-state index is 5.67. The van der Waals surface area contributed by atoms with Gasteiger partial charge in [-0.25, -0.2) is 0 Å². The molecule has 3 nitrogen and oxygen atoms in total. The van der Waals surface area contributed by atoms with Crippen LogP contribution in [0, 0.1) is 11.8 Å². The predicted octanol–water partition coefficient (Wildman–Crippen LogP) is 11.1. The van der Waals surface area contributed by atoms with Crippen molar-refractivity contribution >= 4 is 31.9 Å². The van der Waals surface area contributed by atoms with Crippen LogP contribution in [0.4, 0.5) is 0 Å². The van der Waals surface area contributed by atoms with E-state index in [1.807, 2.05) is 0 Å². The van der Waals surface area contributed by atoms with Gasteiger partial charge in [0.2, 0.25) is 0 Å². The smallest absolute Gasteiger partial charge is 0.149 e. The summed E-state index contributed by atoms with van der Waals surface area (Å²) in [5.41, 5.74) is 0. The monoisotopic (exact) mass is 650 g/mol. The summed E-state index contributed by atoms with van der Waals surface area (Å²) in [7, 11) is 0. The minimum Gasteiger partial charge on any atom is -0.355 e. The van der Waals surface area contributed by atoms with Gasteiger partial charge in [-0.1, -0.05) is 121 Å². The second-order valence-corrected chi connectivity index (χ2v) is 11.8. The van der Waals surface area contributed by atoms with Crippen LogP contribution in [-0.4, -0.2) is 37.5 Å². The average molecular weight is 653 g/mol. The lowest BCUT2D eigenvalue weighted by Crippen LogP contribution is -2.09. The van der Waals surface area contributed by atoms with Gasteiger partial charge in [0.25, 0.3) is 0 Å². The minimum atomic E-state index is 0.322. The fourth-order valence-corrected chi connectivity index (χ4v) is 5.11. The van der Waals surface area contributed by atoms with E-state index < -0.39 is 0 Å². The van der Waals surface area contributed by atoms with Crippen LogP contribution in [0.25, 0.3) is 0 Å². The first kappa shape index (κ1) is 37.3. The molecule has 0 heterocycles. The predicted molar refractivity (Wildman–Crippen MR) is 170 cm³/mol. The molecule has 0 spiro atoms. The van der Waals surface area contributed by atoms with Crippen molar-refractivity contribution in [3.63, 3.8) is 0 Å². The molecule has 0 radical (unpaired) electrons. The van der Waals surface area contributed by atoms with Crippen molar-refractivity contribution in [2.75, 3.05) is 37.5 Å². The van der Waals surface area contributed by atoms with E-state index in [1.165, 1.54) is 103 Å². The third kappa shape index (κ3) is 29.1. The third-order valence-corrected chi connectivity index (χ3v) is 8.09. The molecule has 0 amide bonds. The molecule has 2 unspecified atom stereocenters. The molecule has 0 bridgehead atoms. The van der Waals surface area contributed by atoms with Gasteiger partial charge in [0.05, 0.1) is 0 Å². The van der Waals surface area contributed by atoms with Crippen LogP contribution in [-0.2, 0) is 14.2 Å². The van der Waals surface area contributed by atoms with Crippen LogP contribution >= 0.6 is 31.9 Å². The van der Waals surface area contributed by atoms with Crippen LogP contribution in [0.3, 0.4) is 0 Å². The molecular formula is C32H60Br2O3. The molecule has 0 aliphatic heterocycles. The van der Waals surface area contributed by atoms with Crippen LogP contribution < -0.4 is 0 Å².